The van der Waals surface area contributed by atoms with Gasteiger partial charge in [-0.3, -0.25) is 5.41 Å². The second-order valence-corrected chi connectivity index (χ2v) is 1.89. The van der Waals surface area contributed by atoms with Gasteiger partial charge in [0.05, 0.1) is 0 Å². The fourth-order valence-corrected chi connectivity index (χ4v) is 0. The molecule has 0 aliphatic carbocycles. The zero-order valence-electron chi connectivity index (χ0n) is 4.46. The van der Waals surface area contributed by atoms with Crippen LogP contribution in [0, 0.1) is 5.41 Å². The van der Waals surface area contributed by atoms with Gasteiger partial charge >= 0.3 is 0 Å². The van der Waals surface area contributed by atoms with E-state index in [0.717, 1.165) is 0 Å². The van der Waals surface area contributed by atoms with E-state index in [2.05, 4.69) is 0 Å². The number of rotatable bonds is 1. The normalized spacial score (nSPS) is 11.3. The summed E-state index contributed by atoms with van der Waals surface area (Å²) in [5.41, 5.74) is 3.14. The average molecular weight is 104 g/mol. The first-order valence-electron chi connectivity index (χ1n) is 1.98. The fraction of sp³-hybridized carbons (Fsp3) is 0.750. The first-order valence-corrected chi connectivity index (χ1v) is 1.98. The number of hydrogen-bond donors (Lipinski definition) is 2. The molecule has 0 aliphatic heterocycles. The van der Waals surface area contributed by atoms with Crippen LogP contribution in [0.25, 0.3) is 0 Å². The van der Waals surface area contributed by atoms with E-state index in [1.54, 1.807) is 0 Å². The summed E-state index contributed by atoms with van der Waals surface area (Å²) in [6.45, 7) is 2.49. The quantitative estimate of drug-likeness (QED) is 0.373. The van der Waals surface area contributed by atoms with Crippen LogP contribution in [0.5, 0.6) is 0 Å². The summed E-state index contributed by atoms with van der Waals surface area (Å²) in [5.74, 6) is -0.424. The molecule has 3 N–H and O–H groups in total. The van der Waals surface area contributed by atoms with Crippen molar-refractivity contribution < 1.29 is 4.39 Å². The Balaban J connectivity index is 3.79. The second kappa shape index (κ2) is 1.48. The Morgan fingerprint density at radius 2 is 1.86 bits per heavy atom. The molecule has 3 heteroatoms. The van der Waals surface area contributed by atoms with Crippen molar-refractivity contribution in [2.75, 3.05) is 0 Å². The Kier molecular flexibility index (Phi) is 1.35. The van der Waals surface area contributed by atoms with E-state index in [4.69, 9.17) is 11.1 Å². The van der Waals surface area contributed by atoms with Gasteiger partial charge in [0.15, 0.2) is 5.67 Å². The van der Waals surface area contributed by atoms with Crippen LogP contribution < -0.4 is 5.73 Å². The van der Waals surface area contributed by atoms with E-state index in [9.17, 15) is 4.39 Å². The maximum Gasteiger partial charge on any atom is 0.161 e. The molecule has 0 heterocycles. The highest BCUT2D eigenvalue weighted by Crippen LogP contribution is 2.04. The predicted molar refractivity (Wildman–Crippen MR) is 27.1 cm³/mol. The number of halogens is 1. The Bertz CT molecular complexity index is 82.2. The largest absolute Gasteiger partial charge is 0.385 e. The van der Waals surface area contributed by atoms with E-state index >= 15 is 0 Å². The van der Waals surface area contributed by atoms with Gasteiger partial charge in [0.1, 0.15) is 5.84 Å². The van der Waals surface area contributed by atoms with Crippen LogP contribution in [0.15, 0.2) is 0 Å². The lowest BCUT2D eigenvalue weighted by Crippen LogP contribution is -2.32. The molecule has 42 valence electrons. The monoisotopic (exact) mass is 104 g/mol. The van der Waals surface area contributed by atoms with Crippen molar-refractivity contribution in [3.8, 4) is 0 Å². The fourth-order valence-electron chi connectivity index (χ4n) is 0. The SMILES string of the molecule is CC(C)(F)C(=N)N. The summed E-state index contributed by atoms with van der Waals surface area (Å²) < 4.78 is 12.2. The lowest BCUT2D eigenvalue weighted by atomic mass is 10.1. The summed E-state index contributed by atoms with van der Waals surface area (Å²) in [6, 6.07) is 0. The third-order valence-electron chi connectivity index (χ3n) is 0.640. The highest BCUT2D eigenvalue weighted by molar-refractivity contribution is 5.84. The molecule has 0 rings (SSSR count). The standard InChI is InChI=1S/C4H9FN2/c1-4(2,5)3(6)7/h1-2H3,(H3,6,7). The van der Waals surface area contributed by atoms with Crippen molar-refractivity contribution in [2.24, 2.45) is 5.73 Å². The van der Waals surface area contributed by atoms with Gasteiger partial charge < -0.3 is 5.73 Å². The minimum absolute atomic E-state index is 0.424. The van der Waals surface area contributed by atoms with E-state index in [0.29, 0.717) is 0 Å². The van der Waals surface area contributed by atoms with E-state index in [-0.39, 0.29) is 0 Å². The predicted octanol–water partition coefficient (Wildman–Crippen LogP) is 0.670. The molecule has 0 aliphatic rings. The maximum atomic E-state index is 12.2. The Morgan fingerprint density at radius 3 is 1.86 bits per heavy atom. The van der Waals surface area contributed by atoms with Gasteiger partial charge in [0.2, 0.25) is 0 Å². The number of hydrogen-bond acceptors (Lipinski definition) is 1. The second-order valence-electron chi connectivity index (χ2n) is 1.89. The summed E-state index contributed by atoms with van der Waals surface area (Å²) in [6.07, 6.45) is 0. The molecule has 0 saturated heterocycles. The third-order valence-corrected chi connectivity index (χ3v) is 0.640. The molecule has 0 spiro atoms. The molecule has 0 amide bonds. The molecular weight excluding hydrogens is 95.1 g/mol. The average Bonchev–Trinajstić information content (AvgIpc) is 1.31. The molecule has 7 heavy (non-hydrogen) atoms. The summed E-state index contributed by atoms with van der Waals surface area (Å²) in [4.78, 5) is 0. The smallest absolute Gasteiger partial charge is 0.161 e. The minimum atomic E-state index is -1.64. The van der Waals surface area contributed by atoms with Crippen LogP contribution in [-0.2, 0) is 0 Å². The van der Waals surface area contributed by atoms with Gasteiger partial charge in [-0.2, -0.15) is 0 Å². The van der Waals surface area contributed by atoms with Crippen LogP contribution >= 0.6 is 0 Å². The van der Waals surface area contributed by atoms with Crippen LogP contribution in [0.4, 0.5) is 4.39 Å². The molecule has 0 atom stereocenters. The van der Waals surface area contributed by atoms with Gasteiger partial charge in [-0.05, 0) is 13.8 Å². The van der Waals surface area contributed by atoms with E-state index in [1.807, 2.05) is 0 Å². The zero-order valence-corrected chi connectivity index (χ0v) is 4.46. The number of amidine groups is 1. The molecule has 0 radical (unpaired) electrons. The molecule has 0 unspecified atom stereocenters. The van der Waals surface area contributed by atoms with Crippen molar-refractivity contribution in [2.45, 2.75) is 19.5 Å². The third kappa shape index (κ3) is 2.14. The van der Waals surface area contributed by atoms with Gasteiger partial charge in [-0.25, -0.2) is 4.39 Å². The van der Waals surface area contributed by atoms with E-state index in [1.165, 1.54) is 13.8 Å². The molecule has 0 aromatic rings. The summed E-state index contributed by atoms with van der Waals surface area (Å²) in [7, 11) is 0. The van der Waals surface area contributed by atoms with Gasteiger partial charge in [0, 0.05) is 0 Å². The Morgan fingerprint density at radius 1 is 1.71 bits per heavy atom. The van der Waals surface area contributed by atoms with Crippen molar-refractivity contribution in [3.05, 3.63) is 0 Å². The van der Waals surface area contributed by atoms with Crippen LogP contribution in [0.3, 0.4) is 0 Å². The Labute approximate surface area is 42.0 Å². The van der Waals surface area contributed by atoms with Gasteiger partial charge in [0.25, 0.3) is 0 Å². The molecular formula is C4H9FN2. The highest BCUT2D eigenvalue weighted by atomic mass is 19.1. The van der Waals surface area contributed by atoms with Crippen LogP contribution in [-0.4, -0.2) is 11.5 Å². The van der Waals surface area contributed by atoms with Gasteiger partial charge in [-0.1, -0.05) is 0 Å². The number of nitrogens with one attached hydrogen (secondary N) is 1. The first kappa shape index (κ1) is 6.40. The molecule has 0 aromatic heterocycles. The van der Waals surface area contributed by atoms with Crippen LogP contribution in [0.1, 0.15) is 13.8 Å². The maximum absolute atomic E-state index is 12.2. The Hall–Kier alpha value is -0.600. The molecule has 2 nitrogen and oxygen atoms in total. The zero-order chi connectivity index (χ0) is 6.08. The summed E-state index contributed by atoms with van der Waals surface area (Å²) in [5, 5.41) is 6.55. The first-order chi connectivity index (χ1) is 2.94. The van der Waals surface area contributed by atoms with Crippen molar-refractivity contribution >= 4 is 5.84 Å². The van der Waals surface area contributed by atoms with Crippen molar-refractivity contribution in [1.82, 2.24) is 0 Å². The molecule has 0 bridgehead atoms. The topological polar surface area (TPSA) is 49.9 Å². The molecule has 0 fully saturated rings. The minimum Gasteiger partial charge on any atom is -0.385 e. The lowest BCUT2D eigenvalue weighted by Gasteiger charge is -2.09. The number of alkyl halides is 1. The van der Waals surface area contributed by atoms with Crippen molar-refractivity contribution in [1.29, 1.82) is 5.41 Å². The lowest BCUT2D eigenvalue weighted by molar-refractivity contribution is 0.310. The van der Waals surface area contributed by atoms with Crippen molar-refractivity contribution in [3.63, 3.8) is 0 Å². The number of nitrogens with two attached hydrogens (primary N) is 1. The highest BCUT2D eigenvalue weighted by Gasteiger charge is 2.18. The molecule has 0 aromatic carbocycles. The van der Waals surface area contributed by atoms with Gasteiger partial charge in [-0.15, -0.1) is 0 Å². The van der Waals surface area contributed by atoms with Crippen LogP contribution in [0.2, 0.25) is 0 Å². The van der Waals surface area contributed by atoms with E-state index < -0.39 is 11.5 Å². The molecule has 0 saturated carbocycles. The summed E-state index contributed by atoms with van der Waals surface area (Å²) >= 11 is 0.